The van der Waals surface area contributed by atoms with E-state index in [-0.39, 0.29) is 13.0 Å². The van der Waals surface area contributed by atoms with E-state index >= 15 is 0 Å². The molecular weight excluding hydrogens is 353 g/mol. The first kappa shape index (κ1) is 15.8. The van der Waals surface area contributed by atoms with Gasteiger partial charge >= 0.3 is 12.1 Å². The zero-order chi connectivity index (χ0) is 15.6. The second kappa shape index (κ2) is 6.05. The van der Waals surface area contributed by atoms with Crippen LogP contribution in [-0.2, 0) is 9.59 Å². The number of carbonyl (C=O) groups is 2. The van der Waals surface area contributed by atoms with Crippen LogP contribution in [0.2, 0.25) is 0 Å². The molecule has 0 aromatic heterocycles. The van der Waals surface area contributed by atoms with E-state index in [0.29, 0.717) is 17.0 Å². The summed E-state index contributed by atoms with van der Waals surface area (Å²) in [4.78, 5) is 23.9. The molecule has 114 valence electrons. The fourth-order valence-corrected chi connectivity index (χ4v) is 2.47. The van der Waals surface area contributed by atoms with E-state index in [9.17, 15) is 22.8 Å². The Morgan fingerprint density at radius 3 is 2.43 bits per heavy atom. The topological polar surface area (TPSA) is 49.4 Å². The largest absolute Gasteiger partial charge is 0.471 e. The lowest BCUT2D eigenvalue weighted by molar-refractivity contribution is -0.186. The number of halogens is 4. The fourth-order valence-electron chi connectivity index (χ4n) is 2.20. The lowest BCUT2D eigenvalue weighted by atomic mass is 10.2. The van der Waals surface area contributed by atoms with Crippen LogP contribution < -0.4 is 5.32 Å². The summed E-state index contributed by atoms with van der Waals surface area (Å²) in [6.45, 7) is -0.0588. The molecule has 1 fully saturated rings. The van der Waals surface area contributed by atoms with Crippen LogP contribution in [0.4, 0.5) is 18.9 Å². The monoisotopic (exact) mass is 364 g/mol. The molecule has 1 unspecified atom stereocenters. The van der Waals surface area contributed by atoms with Crippen LogP contribution in [0.3, 0.4) is 0 Å². The summed E-state index contributed by atoms with van der Waals surface area (Å²) in [7, 11) is 0. The van der Waals surface area contributed by atoms with Crippen molar-refractivity contribution in [3.8, 4) is 0 Å². The molecule has 0 spiro atoms. The number of nitrogens with one attached hydrogen (secondary N) is 1. The Kier molecular flexibility index (Phi) is 4.55. The molecule has 8 heteroatoms. The number of alkyl halides is 3. The maximum atomic E-state index is 12.5. The summed E-state index contributed by atoms with van der Waals surface area (Å²) in [5, 5.41) is 2.53. The Labute approximate surface area is 127 Å². The van der Waals surface area contributed by atoms with Crippen molar-refractivity contribution in [2.45, 2.75) is 25.1 Å². The highest BCUT2D eigenvalue weighted by Crippen LogP contribution is 2.26. The van der Waals surface area contributed by atoms with E-state index in [1.54, 1.807) is 24.3 Å². The van der Waals surface area contributed by atoms with Gasteiger partial charge in [-0.3, -0.25) is 9.59 Å². The average Bonchev–Trinajstić information content (AvgIpc) is 2.88. The van der Waals surface area contributed by atoms with Gasteiger partial charge < -0.3 is 10.2 Å². The van der Waals surface area contributed by atoms with Crippen molar-refractivity contribution < 1.29 is 22.8 Å². The summed E-state index contributed by atoms with van der Waals surface area (Å²) < 4.78 is 38.3. The molecule has 1 saturated heterocycles. The van der Waals surface area contributed by atoms with Crippen LogP contribution in [0.25, 0.3) is 0 Å². The van der Waals surface area contributed by atoms with Crippen molar-refractivity contribution >= 4 is 33.4 Å². The van der Waals surface area contributed by atoms with E-state index in [4.69, 9.17) is 0 Å². The van der Waals surface area contributed by atoms with Gasteiger partial charge in [0, 0.05) is 16.7 Å². The van der Waals surface area contributed by atoms with E-state index in [0.717, 1.165) is 4.47 Å². The maximum Gasteiger partial charge on any atom is 0.471 e. The predicted octanol–water partition coefficient (Wildman–Crippen LogP) is 2.94. The molecule has 2 amide bonds. The number of hydrogen-bond acceptors (Lipinski definition) is 2. The molecular formula is C13H12BrF3N2O2. The third-order valence-electron chi connectivity index (χ3n) is 3.17. The Bertz CT molecular complexity index is 545. The number of benzene rings is 1. The molecule has 0 bridgehead atoms. The first-order chi connectivity index (χ1) is 9.79. The van der Waals surface area contributed by atoms with Gasteiger partial charge in [-0.05, 0) is 37.1 Å². The summed E-state index contributed by atoms with van der Waals surface area (Å²) in [6, 6.07) is 5.55. The van der Waals surface area contributed by atoms with Crippen molar-refractivity contribution in [1.82, 2.24) is 4.90 Å². The number of amides is 2. The Morgan fingerprint density at radius 1 is 1.24 bits per heavy atom. The SMILES string of the molecule is O=C(Nc1ccc(Br)cc1)C1CCCN1C(=O)C(F)(F)F. The second-order valence-electron chi connectivity index (χ2n) is 4.65. The quantitative estimate of drug-likeness (QED) is 0.876. The van der Waals surface area contributed by atoms with Crippen LogP contribution in [0.15, 0.2) is 28.7 Å². The summed E-state index contributed by atoms with van der Waals surface area (Å²) in [5.74, 6) is -2.57. The average molecular weight is 365 g/mol. The van der Waals surface area contributed by atoms with Gasteiger partial charge in [0.2, 0.25) is 5.91 Å². The minimum atomic E-state index is -4.96. The molecule has 0 aliphatic carbocycles. The van der Waals surface area contributed by atoms with Crippen molar-refractivity contribution in [2.24, 2.45) is 0 Å². The molecule has 1 heterocycles. The first-order valence-corrected chi connectivity index (χ1v) is 7.02. The van der Waals surface area contributed by atoms with Gasteiger partial charge in [0.05, 0.1) is 0 Å². The molecule has 0 radical (unpaired) electrons. The summed E-state index contributed by atoms with van der Waals surface area (Å²) in [5.41, 5.74) is 0.467. The number of likely N-dealkylation sites (tertiary alicyclic amines) is 1. The molecule has 1 atom stereocenters. The van der Waals surface area contributed by atoms with E-state index in [1.807, 2.05) is 0 Å². The van der Waals surface area contributed by atoms with Crippen LogP contribution in [0.5, 0.6) is 0 Å². The van der Waals surface area contributed by atoms with Crippen LogP contribution in [0, 0.1) is 0 Å². The second-order valence-corrected chi connectivity index (χ2v) is 5.57. The van der Waals surface area contributed by atoms with Gasteiger partial charge in [0.15, 0.2) is 0 Å². The Balaban J connectivity index is 2.07. The standard InChI is InChI=1S/C13H12BrF3N2O2/c14-8-3-5-9(6-4-8)18-11(20)10-2-1-7-19(10)12(21)13(15,16)17/h3-6,10H,1-2,7H2,(H,18,20). The lowest BCUT2D eigenvalue weighted by Gasteiger charge is -2.24. The highest BCUT2D eigenvalue weighted by atomic mass is 79.9. The van der Waals surface area contributed by atoms with E-state index in [2.05, 4.69) is 21.2 Å². The zero-order valence-corrected chi connectivity index (χ0v) is 12.4. The van der Waals surface area contributed by atoms with Gasteiger partial charge in [-0.1, -0.05) is 15.9 Å². The van der Waals surface area contributed by atoms with Crippen LogP contribution >= 0.6 is 15.9 Å². The Morgan fingerprint density at radius 2 is 1.86 bits per heavy atom. The third kappa shape index (κ3) is 3.75. The first-order valence-electron chi connectivity index (χ1n) is 6.23. The zero-order valence-electron chi connectivity index (χ0n) is 10.8. The predicted molar refractivity (Wildman–Crippen MR) is 73.6 cm³/mol. The van der Waals surface area contributed by atoms with Gasteiger partial charge in [-0.25, -0.2) is 0 Å². The summed E-state index contributed by atoms with van der Waals surface area (Å²) in [6.07, 6.45) is -4.36. The number of carbonyl (C=O) groups excluding carboxylic acids is 2. The maximum absolute atomic E-state index is 12.5. The number of hydrogen-bond donors (Lipinski definition) is 1. The molecule has 2 rings (SSSR count). The number of anilines is 1. The third-order valence-corrected chi connectivity index (χ3v) is 3.70. The van der Waals surface area contributed by atoms with Crippen molar-refractivity contribution in [3.05, 3.63) is 28.7 Å². The van der Waals surface area contributed by atoms with Gasteiger partial charge in [-0.2, -0.15) is 13.2 Å². The molecule has 1 aliphatic rings. The summed E-state index contributed by atoms with van der Waals surface area (Å²) >= 11 is 3.24. The molecule has 1 aliphatic heterocycles. The Hall–Kier alpha value is -1.57. The molecule has 1 N–H and O–H groups in total. The highest BCUT2D eigenvalue weighted by molar-refractivity contribution is 9.10. The van der Waals surface area contributed by atoms with Crippen molar-refractivity contribution in [1.29, 1.82) is 0 Å². The lowest BCUT2D eigenvalue weighted by Crippen LogP contribution is -2.48. The van der Waals surface area contributed by atoms with Crippen molar-refractivity contribution in [3.63, 3.8) is 0 Å². The minimum absolute atomic E-state index is 0.0588. The van der Waals surface area contributed by atoms with E-state index < -0.39 is 24.0 Å². The molecule has 4 nitrogen and oxygen atoms in total. The van der Waals surface area contributed by atoms with Crippen molar-refractivity contribution in [2.75, 3.05) is 11.9 Å². The van der Waals surface area contributed by atoms with Gasteiger partial charge in [0.25, 0.3) is 0 Å². The van der Waals surface area contributed by atoms with Gasteiger partial charge in [0.1, 0.15) is 6.04 Å². The normalized spacial score (nSPS) is 18.7. The molecule has 0 saturated carbocycles. The van der Waals surface area contributed by atoms with Crippen LogP contribution in [0.1, 0.15) is 12.8 Å². The molecule has 21 heavy (non-hydrogen) atoms. The van der Waals surface area contributed by atoms with Gasteiger partial charge in [-0.15, -0.1) is 0 Å². The minimum Gasteiger partial charge on any atom is -0.324 e. The number of nitrogens with zero attached hydrogens (tertiary/aromatic N) is 1. The molecule has 1 aromatic rings. The van der Waals surface area contributed by atoms with Crippen LogP contribution in [-0.4, -0.2) is 35.5 Å². The number of rotatable bonds is 2. The highest BCUT2D eigenvalue weighted by Gasteiger charge is 2.47. The molecule has 1 aromatic carbocycles. The van der Waals surface area contributed by atoms with E-state index in [1.165, 1.54) is 0 Å². The smallest absolute Gasteiger partial charge is 0.324 e. The fraction of sp³-hybridized carbons (Fsp3) is 0.385.